The molecule has 1 heterocycles. The van der Waals surface area contributed by atoms with E-state index in [1.54, 1.807) is 6.20 Å². The summed E-state index contributed by atoms with van der Waals surface area (Å²) in [4.78, 5) is 4.02. The Hall–Kier alpha value is -0.890. The van der Waals surface area contributed by atoms with Gasteiger partial charge in [0.1, 0.15) is 0 Å². The molecule has 0 aromatic carbocycles. The molecule has 0 bridgehead atoms. The zero-order valence-electron chi connectivity index (χ0n) is 7.04. The minimum absolute atomic E-state index is 0.228. The second kappa shape index (κ2) is 3.01. The molecule has 2 heteroatoms. The first-order valence-corrected chi connectivity index (χ1v) is 3.86. The highest BCUT2D eigenvalue weighted by Crippen LogP contribution is 2.19. The molecular formula is C9H14N2. The van der Waals surface area contributed by atoms with E-state index in [9.17, 15) is 0 Å². The molecule has 2 nitrogen and oxygen atoms in total. The van der Waals surface area contributed by atoms with Crippen molar-refractivity contribution in [2.75, 3.05) is 0 Å². The van der Waals surface area contributed by atoms with E-state index in [2.05, 4.69) is 11.9 Å². The van der Waals surface area contributed by atoms with Gasteiger partial charge in [-0.25, -0.2) is 0 Å². The van der Waals surface area contributed by atoms with Gasteiger partial charge < -0.3 is 5.73 Å². The Balaban J connectivity index is 2.93. The largest absolute Gasteiger partial charge is 0.322 e. The lowest BCUT2D eigenvalue weighted by Crippen LogP contribution is -2.31. The van der Waals surface area contributed by atoms with Crippen molar-refractivity contribution in [1.29, 1.82) is 0 Å². The number of hydrogen-bond donors (Lipinski definition) is 1. The van der Waals surface area contributed by atoms with Crippen molar-refractivity contribution >= 4 is 0 Å². The van der Waals surface area contributed by atoms with Crippen LogP contribution in [-0.4, -0.2) is 4.98 Å². The topological polar surface area (TPSA) is 38.9 Å². The minimum atomic E-state index is -0.228. The molecule has 2 N–H and O–H groups in total. The van der Waals surface area contributed by atoms with Crippen molar-refractivity contribution in [2.45, 2.75) is 25.8 Å². The smallest absolute Gasteiger partial charge is 0.0393 e. The Kier molecular flexibility index (Phi) is 2.25. The fourth-order valence-corrected chi connectivity index (χ4v) is 0.905. The first-order valence-electron chi connectivity index (χ1n) is 3.86. The summed E-state index contributed by atoms with van der Waals surface area (Å²) in [6, 6.07) is 3.92. The molecule has 0 aliphatic carbocycles. The van der Waals surface area contributed by atoms with Gasteiger partial charge in [0.25, 0.3) is 0 Å². The summed E-state index contributed by atoms with van der Waals surface area (Å²) in [5.41, 5.74) is 6.87. The second-order valence-electron chi connectivity index (χ2n) is 3.01. The van der Waals surface area contributed by atoms with Gasteiger partial charge in [-0.05, 0) is 25.0 Å². The maximum atomic E-state index is 6.00. The quantitative estimate of drug-likeness (QED) is 0.696. The van der Waals surface area contributed by atoms with Crippen molar-refractivity contribution in [3.05, 3.63) is 30.1 Å². The maximum absolute atomic E-state index is 6.00. The average Bonchev–Trinajstić information content (AvgIpc) is 2.06. The third kappa shape index (κ3) is 1.77. The summed E-state index contributed by atoms with van der Waals surface area (Å²) < 4.78 is 0. The second-order valence-corrected chi connectivity index (χ2v) is 3.01. The molecule has 1 aromatic rings. The Morgan fingerprint density at radius 1 is 1.64 bits per heavy atom. The Labute approximate surface area is 67.5 Å². The Bertz CT molecular complexity index is 216. The average molecular weight is 150 g/mol. The van der Waals surface area contributed by atoms with Crippen LogP contribution in [0.2, 0.25) is 0 Å². The predicted octanol–water partition coefficient (Wildman–Crippen LogP) is 1.67. The van der Waals surface area contributed by atoms with Crippen LogP contribution in [0.15, 0.2) is 24.5 Å². The maximum Gasteiger partial charge on any atom is 0.0393 e. The van der Waals surface area contributed by atoms with Gasteiger partial charge in [0.05, 0.1) is 0 Å². The van der Waals surface area contributed by atoms with Crippen LogP contribution in [0.4, 0.5) is 0 Å². The number of nitrogens with zero attached hydrogens (tertiary/aromatic N) is 1. The molecule has 0 aliphatic rings. The van der Waals surface area contributed by atoms with Crippen molar-refractivity contribution in [3.63, 3.8) is 0 Å². The fourth-order valence-electron chi connectivity index (χ4n) is 0.905. The van der Waals surface area contributed by atoms with Crippen LogP contribution in [0.3, 0.4) is 0 Å². The van der Waals surface area contributed by atoms with E-state index >= 15 is 0 Å². The standard InChI is InChI=1S/C9H14N2/c1-3-9(2,10)8-5-4-6-11-7-8/h4-7H,3,10H2,1-2H3. The molecule has 0 aliphatic heterocycles. The Morgan fingerprint density at radius 2 is 2.36 bits per heavy atom. The van der Waals surface area contributed by atoms with Gasteiger partial charge in [0.2, 0.25) is 0 Å². The fraction of sp³-hybridized carbons (Fsp3) is 0.444. The molecule has 1 unspecified atom stereocenters. The summed E-state index contributed by atoms with van der Waals surface area (Å²) >= 11 is 0. The molecule has 1 rings (SSSR count). The van der Waals surface area contributed by atoms with Gasteiger partial charge in [-0.2, -0.15) is 0 Å². The third-order valence-electron chi connectivity index (χ3n) is 2.06. The molecule has 0 fully saturated rings. The molecule has 0 spiro atoms. The van der Waals surface area contributed by atoms with E-state index < -0.39 is 0 Å². The summed E-state index contributed by atoms with van der Waals surface area (Å²) in [6.07, 6.45) is 4.51. The number of rotatable bonds is 2. The molecule has 0 amide bonds. The van der Waals surface area contributed by atoms with Crippen LogP contribution >= 0.6 is 0 Å². The van der Waals surface area contributed by atoms with Gasteiger partial charge in [-0.1, -0.05) is 13.0 Å². The van der Waals surface area contributed by atoms with Gasteiger partial charge >= 0.3 is 0 Å². The third-order valence-corrected chi connectivity index (χ3v) is 2.06. The van der Waals surface area contributed by atoms with E-state index in [1.165, 1.54) is 0 Å². The van der Waals surface area contributed by atoms with E-state index in [1.807, 2.05) is 25.3 Å². The van der Waals surface area contributed by atoms with Crippen LogP contribution in [0, 0.1) is 0 Å². The number of pyridine rings is 1. The molecule has 0 saturated carbocycles. The van der Waals surface area contributed by atoms with Gasteiger partial charge in [-0.15, -0.1) is 0 Å². The SMILES string of the molecule is CCC(C)(N)c1cccnc1. The highest BCUT2D eigenvalue weighted by atomic mass is 14.7. The van der Waals surface area contributed by atoms with Crippen LogP contribution in [0.5, 0.6) is 0 Å². The minimum Gasteiger partial charge on any atom is -0.322 e. The number of nitrogens with two attached hydrogens (primary N) is 1. The lowest BCUT2D eigenvalue weighted by atomic mass is 9.92. The van der Waals surface area contributed by atoms with E-state index in [0.29, 0.717) is 0 Å². The van der Waals surface area contributed by atoms with E-state index in [0.717, 1.165) is 12.0 Å². The first kappa shape index (κ1) is 8.21. The molecule has 1 atom stereocenters. The van der Waals surface area contributed by atoms with Gasteiger partial charge in [-0.3, -0.25) is 4.98 Å². The zero-order valence-corrected chi connectivity index (χ0v) is 7.04. The Morgan fingerprint density at radius 3 is 2.82 bits per heavy atom. The lowest BCUT2D eigenvalue weighted by Gasteiger charge is -2.22. The van der Waals surface area contributed by atoms with Crippen molar-refractivity contribution in [3.8, 4) is 0 Å². The summed E-state index contributed by atoms with van der Waals surface area (Å²) in [5, 5.41) is 0. The molecule has 60 valence electrons. The van der Waals surface area contributed by atoms with E-state index in [4.69, 9.17) is 5.73 Å². The summed E-state index contributed by atoms with van der Waals surface area (Å²) in [7, 11) is 0. The van der Waals surface area contributed by atoms with Crippen molar-refractivity contribution in [2.24, 2.45) is 5.73 Å². The molecule has 1 aromatic heterocycles. The summed E-state index contributed by atoms with van der Waals surface area (Å²) in [5.74, 6) is 0. The van der Waals surface area contributed by atoms with Gasteiger partial charge in [0, 0.05) is 17.9 Å². The summed E-state index contributed by atoms with van der Waals surface area (Å²) in [6.45, 7) is 4.09. The predicted molar refractivity (Wildman–Crippen MR) is 46.1 cm³/mol. The first-order chi connectivity index (χ1) is 5.17. The van der Waals surface area contributed by atoms with Gasteiger partial charge in [0.15, 0.2) is 0 Å². The zero-order chi connectivity index (χ0) is 8.32. The van der Waals surface area contributed by atoms with Crippen LogP contribution in [0.1, 0.15) is 25.8 Å². The molecular weight excluding hydrogens is 136 g/mol. The monoisotopic (exact) mass is 150 g/mol. The van der Waals surface area contributed by atoms with Crippen LogP contribution in [-0.2, 0) is 5.54 Å². The highest BCUT2D eigenvalue weighted by Gasteiger charge is 2.17. The molecule has 11 heavy (non-hydrogen) atoms. The van der Waals surface area contributed by atoms with E-state index in [-0.39, 0.29) is 5.54 Å². The van der Waals surface area contributed by atoms with Crippen molar-refractivity contribution < 1.29 is 0 Å². The highest BCUT2D eigenvalue weighted by molar-refractivity contribution is 5.18. The molecule has 0 saturated heterocycles. The number of hydrogen-bond acceptors (Lipinski definition) is 2. The lowest BCUT2D eigenvalue weighted by molar-refractivity contribution is 0.475. The number of aromatic nitrogens is 1. The molecule has 0 radical (unpaired) electrons. The normalized spacial score (nSPS) is 15.9. The van der Waals surface area contributed by atoms with Crippen LogP contribution < -0.4 is 5.73 Å². The van der Waals surface area contributed by atoms with Crippen molar-refractivity contribution in [1.82, 2.24) is 4.98 Å². The van der Waals surface area contributed by atoms with Crippen LogP contribution in [0.25, 0.3) is 0 Å².